The first-order valence-corrected chi connectivity index (χ1v) is 6.58. The number of aryl methyl sites for hydroxylation is 2. The van der Waals surface area contributed by atoms with Crippen LogP contribution < -0.4 is 5.32 Å². The first-order valence-electron chi connectivity index (χ1n) is 6.58. The molecule has 0 radical (unpaired) electrons. The maximum Gasteiger partial charge on any atom is 0.120 e. The summed E-state index contributed by atoms with van der Waals surface area (Å²) in [5.74, 6) is 0.785. The van der Waals surface area contributed by atoms with E-state index in [1.165, 1.54) is 5.56 Å². The minimum atomic E-state index is -0.253. The summed E-state index contributed by atoms with van der Waals surface area (Å²) in [6, 6.07) is 3.84. The van der Waals surface area contributed by atoms with Crippen molar-refractivity contribution in [2.24, 2.45) is 5.92 Å². The van der Waals surface area contributed by atoms with Crippen LogP contribution in [0.5, 0.6) is 5.75 Å². The minimum absolute atomic E-state index is 0.253. The molecule has 0 saturated carbocycles. The summed E-state index contributed by atoms with van der Waals surface area (Å²) in [6.07, 6.45) is 0.545. The van der Waals surface area contributed by atoms with Gasteiger partial charge >= 0.3 is 0 Å². The number of aliphatic hydroxyl groups excluding tert-OH is 1. The summed E-state index contributed by atoms with van der Waals surface area (Å²) >= 11 is 0. The van der Waals surface area contributed by atoms with Crippen molar-refractivity contribution in [3.05, 3.63) is 28.8 Å². The van der Waals surface area contributed by atoms with Crippen LogP contribution in [0.3, 0.4) is 0 Å². The quantitative estimate of drug-likeness (QED) is 0.728. The summed E-state index contributed by atoms with van der Waals surface area (Å²) in [5, 5.41) is 22.5. The van der Waals surface area contributed by atoms with Crippen LogP contribution in [0.2, 0.25) is 0 Å². The van der Waals surface area contributed by atoms with Crippen LogP contribution in [-0.2, 0) is 6.54 Å². The second-order valence-corrected chi connectivity index (χ2v) is 5.39. The van der Waals surface area contributed by atoms with E-state index in [0.29, 0.717) is 18.2 Å². The fourth-order valence-corrected chi connectivity index (χ4v) is 2.12. The molecule has 18 heavy (non-hydrogen) atoms. The van der Waals surface area contributed by atoms with Gasteiger partial charge in [-0.15, -0.1) is 0 Å². The largest absolute Gasteiger partial charge is 0.508 e. The van der Waals surface area contributed by atoms with Crippen molar-refractivity contribution in [2.45, 2.75) is 46.8 Å². The highest BCUT2D eigenvalue weighted by Crippen LogP contribution is 2.21. The zero-order valence-corrected chi connectivity index (χ0v) is 11.8. The third-order valence-corrected chi connectivity index (χ3v) is 3.25. The van der Waals surface area contributed by atoms with Crippen LogP contribution in [0.1, 0.15) is 37.0 Å². The topological polar surface area (TPSA) is 52.5 Å². The summed E-state index contributed by atoms with van der Waals surface area (Å²) in [4.78, 5) is 0. The van der Waals surface area contributed by atoms with Crippen LogP contribution in [-0.4, -0.2) is 22.9 Å². The molecule has 3 N–H and O–H groups in total. The molecular formula is C15H25NO2. The number of aromatic hydroxyl groups is 1. The first-order chi connectivity index (χ1) is 8.40. The second-order valence-electron chi connectivity index (χ2n) is 5.39. The lowest BCUT2D eigenvalue weighted by molar-refractivity contribution is 0.163. The van der Waals surface area contributed by atoms with Gasteiger partial charge in [-0.25, -0.2) is 0 Å². The molecule has 0 amide bonds. The molecule has 0 aliphatic heterocycles. The molecule has 1 aromatic rings. The lowest BCUT2D eigenvalue weighted by Gasteiger charge is -2.15. The Bertz CT molecular complexity index is 388. The lowest BCUT2D eigenvalue weighted by atomic mass is 10.0. The van der Waals surface area contributed by atoms with Crippen molar-refractivity contribution in [2.75, 3.05) is 6.54 Å². The zero-order valence-electron chi connectivity index (χ0n) is 11.8. The van der Waals surface area contributed by atoms with Crippen molar-refractivity contribution < 1.29 is 10.2 Å². The third-order valence-electron chi connectivity index (χ3n) is 3.25. The van der Waals surface area contributed by atoms with E-state index in [9.17, 15) is 10.2 Å². The van der Waals surface area contributed by atoms with Crippen LogP contribution in [0.4, 0.5) is 0 Å². The molecule has 0 bridgehead atoms. The van der Waals surface area contributed by atoms with E-state index in [-0.39, 0.29) is 6.10 Å². The van der Waals surface area contributed by atoms with Gasteiger partial charge in [-0.2, -0.15) is 0 Å². The fourth-order valence-electron chi connectivity index (χ4n) is 2.12. The molecule has 3 heteroatoms. The molecule has 1 aromatic carbocycles. The molecule has 0 heterocycles. The molecule has 0 aliphatic carbocycles. The summed E-state index contributed by atoms with van der Waals surface area (Å²) in [6.45, 7) is 9.48. The highest BCUT2D eigenvalue weighted by Gasteiger charge is 2.07. The van der Waals surface area contributed by atoms with Gasteiger partial charge in [-0.1, -0.05) is 13.0 Å². The van der Waals surface area contributed by atoms with Crippen LogP contribution >= 0.6 is 0 Å². The number of aliphatic hydroxyl groups is 1. The van der Waals surface area contributed by atoms with Gasteiger partial charge in [0.15, 0.2) is 0 Å². The van der Waals surface area contributed by atoms with Gasteiger partial charge in [0.25, 0.3) is 0 Å². The van der Waals surface area contributed by atoms with Gasteiger partial charge in [0, 0.05) is 12.1 Å². The van der Waals surface area contributed by atoms with E-state index in [0.717, 1.165) is 24.1 Å². The molecule has 102 valence electrons. The minimum Gasteiger partial charge on any atom is -0.508 e. The predicted octanol–water partition coefficient (Wildman–Crippen LogP) is 2.51. The summed E-state index contributed by atoms with van der Waals surface area (Å²) in [7, 11) is 0. The molecule has 1 rings (SSSR count). The highest BCUT2D eigenvalue weighted by molar-refractivity contribution is 5.40. The molecule has 2 unspecified atom stereocenters. The third kappa shape index (κ3) is 4.67. The van der Waals surface area contributed by atoms with E-state index in [1.807, 2.05) is 32.9 Å². The summed E-state index contributed by atoms with van der Waals surface area (Å²) < 4.78 is 0. The van der Waals surface area contributed by atoms with Crippen LogP contribution in [0.15, 0.2) is 12.1 Å². The maximum atomic E-state index is 9.85. The summed E-state index contributed by atoms with van der Waals surface area (Å²) in [5.41, 5.74) is 3.24. The zero-order chi connectivity index (χ0) is 13.7. The molecule has 0 aliphatic rings. The number of hydrogen-bond donors (Lipinski definition) is 3. The Balaban J connectivity index is 2.47. The smallest absolute Gasteiger partial charge is 0.120 e. The molecule has 2 atom stereocenters. The first kappa shape index (κ1) is 15.0. The molecular weight excluding hydrogens is 226 g/mol. The van der Waals surface area contributed by atoms with Crippen molar-refractivity contribution in [3.63, 3.8) is 0 Å². The number of phenolic OH excluding ortho intramolecular Hbond substituents is 1. The standard InChI is InChI=1S/C15H25NO2/c1-10(5-13(4)17)8-16-9-14-6-11(2)12(3)7-15(14)18/h6-7,10,13,16-18H,5,8-9H2,1-4H3. The second kappa shape index (κ2) is 6.76. The Labute approximate surface area is 110 Å². The fraction of sp³-hybridized carbons (Fsp3) is 0.600. The Hall–Kier alpha value is -1.06. The van der Waals surface area contributed by atoms with Gasteiger partial charge in [0.2, 0.25) is 0 Å². The molecule has 0 aromatic heterocycles. The van der Waals surface area contributed by atoms with Crippen molar-refractivity contribution >= 4 is 0 Å². The van der Waals surface area contributed by atoms with E-state index in [1.54, 1.807) is 0 Å². The van der Waals surface area contributed by atoms with Gasteiger partial charge in [0.1, 0.15) is 5.75 Å². The van der Waals surface area contributed by atoms with Crippen molar-refractivity contribution in [1.29, 1.82) is 0 Å². The van der Waals surface area contributed by atoms with Crippen LogP contribution in [0.25, 0.3) is 0 Å². The van der Waals surface area contributed by atoms with E-state index < -0.39 is 0 Å². The predicted molar refractivity (Wildman–Crippen MR) is 74.7 cm³/mol. The Morgan fingerprint density at radius 1 is 1.17 bits per heavy atom. The Morgan fingerprint density at radius 3 is 2.39 bits per heavy atom. The molecule has 0 spiro atoms. The number of nitrogens with one attached hydrogen (secondary N) is 1. The number of rotatable bonds is 6. The normalized spacial score (nSPS) is 14.5. The Morgan fingerprint density at radius 2 is 1.78 bits per heavy atom. The van der Waals surface area contributed by atoms with Crippen LogP contribution in [0, 0.1) is 19.8 Å². The monoisotopic (exact) mass is 251 g/mol. The van der Waals surface area contributed by atoms with E-state index in [4.69, 9.17) is 0 Å². The van der Waals surface area contributed by atoms with Gasteiger partial charge in [0.05, 0.1) is 6.10 Å². The molecule has 0 fully saturated rings. The van der Waals surface area contributed by atoms with Gasteiger partial charge < -0.3 is 15.5 Å². The number of benzene rings is 1. The maximum absolute atomic E-state index is 9.85. The lowest BCUT2D eigenvalue weighted by Crippen LogP contribution is -2.23. The van der Waals surface area contributed by atoms with Crippen molar-refractivity contribution in [1.82, 2.24) is 5.32 Å². The SMILES string of the molecule is Cc1cc(O)c(CNCC(C)CC(C)O)cc1C. The molecule has 3 nitrogen and oxygen atoms in total. The van der Waals surface area contributed by atoms with Gasteiger partial charge in [-0.3, -0.25) is 0 Å². The molecule has 0 saturated heterocycles. The van der Waals surface area contributed by atoms with Crippen molar-refractivity contribution in [3.8, 4) is 5.75 Å². The number of phenols is 1. The average molecular weight is 251 g/mol. The Kier molecular flexibility index (Phi) is 5.63. The van der Waals surface area contributed by atoms with Gasteiger partial charge in [-0.05, 0) is 56.8 Å². The van der Waals surface area contributed by atoms with E-state index in [2.05, 4.69) is 12.2 Å². The highest BCUT2D eigenvalue weighted by atomic mass is 16.3. The van der Waals surface area contributed by atoms with E-state index >= 15 is 0 Å². The number of hydrogen-bond acceptors (Lipinski definition) is 3. The average Bonchev–Trinajstić information content (AvgIpc) is 2.24.